The maximum Gasteiger partial charge on any atom is 0.274 e. The minimum absolute atomic E-state index is 0.0188. The van der Waals surface area contributed by atoms with Crippen LogP contribution >= 0.6 is 11.3 Å². The van der Waals surface area contributed by atoms with E-state index in [4.69, 9.17) is 9.47 Å². The molecule has 0 atom stereocenters. The normalized spacial score (nSPS) is 20.8. The molecule has 1 saturated heterocycles. The molecule has 2 aromatic rings. The van der Waals surface area contributed by atoms with Crippen molar-refractivity contribution in [3.63, 3.8) is 0 Å². The van der Waals surface area contributed by atoms with Crippen LogP contribution in [0.15, 0.2) is 18.2 Å². The summed E-state index contributed by atoms with van der Waals surface area (Å²) in [6.07, 6.45) is 6.30. The van der Waals surface area contributed by atoms with Crippen LogP contribution in [0.25, 0.3) is 10.2 Å². The fourth-order valence-electron chi connectivity index (χ4n) is 3.98. The van der Waals surface area contributed by atoms with Crippen molar-refractivity contribution in [1.82, 2.24) is 9.29 Å². The average Bonchev–Trinajstić information content (AvgIpc) is 3.10. The second-order valence-corrected chi connectivity index (χ2v) is 10.5. The molecular formula is C19H26N2O4S2. The lowest BCUT2D eigenvalue weighted by Crippen LogP contribution is -2.46. The summed E-state index contributed by atoms with van der Waals surface area (Å²) in [5, 5.41) is 0.467. The Morgan fingerprint density at radius 2 is 1.85 bits per heavy atom. The lowest BCUT2D eigenvalue weighted by molar-refractivity contribution is 0.134. The molecule has 6 nitrogen and oxygen atoms in total. The number of nitrogens with zero attached hydrogens (tertiary/aromatic N) is 2. The van der Waals surface area contributed by atoms with E-state index in [1.165, 1.54) is 11.3 Å². The number of aromatic nitrogens is 1. The largest absolute Gasteiger partial charge is 0.497 e. The molecule has 0 N–H and O–H groups in total. The van der Waals surface area contributed by atoms with Crippen molar-refractivity contribution in [3.8, 4) is 10.9 Å². The zero-order valence-corrected chi connectivity index (χ0v) is 17.2. The van der Waals surface area contributed by atoms with Gasteiger partial charge in [-0.05, 0) is 37.8 Å². The van der Waals surface area contributed by atoms with Crippen LogP contribution in [0.1, 0.15) is 44.9 Å². The van der Waals surface area contributed by atoms with Crippen LogP contribution in [0.4, 0.5) is 0 Å². The number of methoxy groups -OCH3 is 1. The van der Waals surface area contributed by atoms with Gasteiger partial charge in [-0.1, -0.05) is 30.6 Å². The minimum Gasteiger partial charge on any atom is -0.497 e. The van der Waals surface area contributed by atoms with Crippen molar-refractivity contribution in [2.75, 3.05) is 20.2 Å². The molecule has 2 heterocycles. The Kier molecular flexibility index (Phi) is 5.57. The van der Waals surface area contributed by atoms with E-state index in [1.54, 1.807) is 11.4 Å². The van der Waals surface area contributed by atoms with Gasteiger partial charge in [0.2, 0.25) is 10.0 Å². The molecule has 0 radical (unpaired) electrons. The summed E-state index contributed by atoms with van der Waals surface area (Å²) in [6, 6.07) is 5.80. The summed E-state index contributed by atoms with van der Waals surface area (Å²) < 4.78 is 39.7. The van der Waals surface area contributed by atoms with E-state index in [1.807, 2.05) is 18.2 Å². The molecular weight excluding hydrogens is 384 g/mol. The maximum absolute atomic E-state index is 12.8. The highest BCUT2D eigenvalue weighted by molar-refractivity contribution is 7.89. The Bertz CT molecular complexity index is 882. The molecule has 1 aliphatic heterocycles. The van der Waals surface area contributed by atoms with Crippen molar-refractivity contribution < 1.29 is 17.9 Å². The summed E-state index contributed by atoms with van der Waals surface area (Å²) in [7, 11) is -1.52. The highest BCUT2D eigenvalue weighted by atomic mass is 32.2. The number of hydrogen-bond acceptors (Lipinski definition) is 6. The summed E-state index contributed by atoms with van der Waals surface area (Å²) >= 11 is 1.52. The number of ether oxygens (including phenoxy) is 2. The second-order valence-electron chi connectivity index (χ2n) is 7.33. The Labute approximate surface area is 164 Å². The smallest absolute Gasteiger partial charge is 0.274 e. The van der Waals surface area contributed by atoms with E-state index < -0.39 is 10.0 Å². The number of fused-ring (bicyclic) bond motifs is 1. The van der Waals surface area contributed by atoms with Crippen LogP contribution in [-0.4, -0.2) is 49.3 Å². The lowest BCUT2D eigenvalue weighted by Gasteiger charge is -2.34. The average molecular weight is 411 g/mol. The Morgan fingerprint density at radius 1 is 1.11 bits per heavy atom. The quantitative estimate of drug-likeness (QED) is 0.750. The van der Waals surface area contributed by atoms with Gasteiger partial charge >= 0.3 is 0 Å². The molecule has 4 rings (SSSR count). The molecule has 1 saturated carbocycles. The van der Waals surface area contributed by atoms with Gasteiger partial charge in [0.25, 0.3) is 5.19 Å². The molecule has 2 fully saturated rings. The topological polar surface area (TPSA) is 68.7 Å². The number of piperidine rings is 1. The van der Waals surface area contributed by atoms with Gasteiger partial charge < -0.3 is 9.47 Å². The van der Waals surface area contributed by atoms with Crippen molar-refractivity contribution in [1.29, 1.82) is 0 Å². The first kappa shape index (κ1) is 19.0. The van der Waals surface area contributed by atoms with Gasteiger partial charge in [-0.25, -0.2) is 17.7 Å². The summed E-state index contributed by atoms with van der Waals surface area (Å²) in [5.74, 6) is 0.778. The Balaban J connectivity index is 1.36. The van der Waals surface area contributed by atoms with Crippen LogP contribution in [0.3, 0.4) is 0 Å². The predicted molar refractivity (Wildman–Crippen MR) is 107 cm³/mol. The SMILES string of the molecule is COc1ccc2sc(OC3CCN(S(=O)(=O)C4CCCCC4)CC3)nc2c1. The number of sulfonamides is 1. The fraction of sp³-hybridized carbons (Fsp3) is 0.632. The minimum atomic E-state index is -3.16. The molecule has 1 aromatic heterocycles. The van der Waals surface area contributed by atoms with E-state index in [-0.39, 0.29) is 11.4 Å². The summed E-state index contributed by atoms with van der Waals surface area (Å²) in [5.41, 5.74) is 0.867. The number of rotatable bonds is 5. The van der Waals surface area contributed by atoms with Crippen LogP contribution < -0.4 is 9.47 Å². The summed E-state index contributed by atoms with van der Waals surface area (Å²) in [4.78, 5) is 4.54. The zero-order chi connectivity index (χ0) is 18.9. The standard InChI is InChI=1S/C19H26N2O4S2/c1-24-15-7-8-18-17(13-15)20-19(26-18)25-14-9-11-21(12-10-14)27(22,23)16-5-3-2-4-6-16/h7-8,13-14,16H,2-6,9-12H2,1H3. The number of benzene rings is 1. The third kappa shape index (κ3) is 4.07. The van der Waals surface area contributed by atoms with Gasteiger partial charge in [0.1, 0.15) is 11.9 Å². The van der Waals surface area contributed by atoms with Crippen LogP contribution in [-0.2, 0) is 10.0 Å². The van der Waals surface area contributed by atoms with Gasteiger partial charge in [-0.2, -0.15) is 0 Å². The van der Waals surface area contributed by atoms with E-state index in [0.717, 1.165) is 48.1 Å². The van der Waals surface area contributed by atoms with Crippen LogP contribution in [0.2, 0.25) is 0 Å². The molecule has 2 aliphatic rings. The van der Waals surface area contributed by atoms with E-state index in [2.05, 4.69) is 4.98 Å². The Hall–Kier alpha value is -1.38. The van der Waals surface area contributed by atoms with Gasteiger partial charge in [-0.3, -0.25) is 0 Å². The van der Waals surface area contributed by atoms with Gasteiger partial charge in [-0.15, -0.1) is 0 Å². The van der Waals surface area contributed by atoms with Gasteiger partial charge in [0.05, 0.1) is 22.6 Å². The molecule has 1 aromatic carbocycles. The third-order valence-corrected chi connectivity index (χ3v) is 8.90. The van der Waals surface area contributed by atoms with Crippen molar-refractivity contribution in [2.24, 2.45) is 0 Å². The van der Waals surface area contributed by atoms with E-state index in [9.17, 15) is 8.42 Å². The molecule has 0 bridgehead atoms. The first-order valence-electron chi connectivity index (χ1n) is 9.66. The van der Waals surface area contributed by atoms with Gasteiger partial charge in [0.15, 0.2) is 0 Å². The molecule has 1 aliphatic carbocycles. The van der Waals surface area contributed by atoms with Crippen molar-refractivity contribution in [2.45, 2.75) is 56.3 Å². The third-order valence-electron chi connectivity index (χ3n) is 5.58. The van der Waals surface area contributed by atoms with Gasteiger partial charge in [0, 0.05) is 19.2 Å². The number of hydrogen-bond donors (Lipinski definition) is 0. The molecule has 148 valence electrons. The lowest BCUT2D eigenvalue weighted by atomic mass is 10.0. The molecule has 8 heteroatoms. The summed E-state index contributed by atoms with van der Waals surface area (Å²) in [6.45, 7) is 1.09. The number of thiazole rings is 1. The Morgan fingerprint density at radius 3 is 2.56 bits per heavy atom. The fourth-order valence-corrected chi connectivity index (χ4v) is 6.92. The first-order chi connectivity index (χ1) is 13.1. The molecule has 0 spiro atoms. The van der Waals surface area contributed by atoms with Crippen LogP contribution in [0, 0.1) is 0 Å². The highest BCUT2D eigenvalue weighted by Crippen LogP contribution is 2.33. The van der Waals surface area contributed by atoms with E-state index >= 15 is 0 Å². The predicted octanol–water partition coefficient (Wildman–Crippen LogP) is 3.81. The van der Waals surface area contributed by atoms with Crippen molar-refractivity contribution in [3.05, 3.63) is 18.2 Å². The maximum atomic E-state index is 12.8. The molecule has 0 unspecified atom stereocenters. The molecule has 27 heavy (non-hydrogen) atoms. The highest BCUT2D eigenvalue weighted by Gasteiger charge is 2.35. The van der Waals surface area contributed by atoms with Crippen molar-refractivity contribution >= 4 is 31.6 Å². The zero-order valence-electron chi connectivity index (χ0n) is 15.6. The second kappa shape index (κ2) is 7.93. The van der Waals surface area contributed by atoms with E-state index in [0.29, 0.717) is 31.1 Å². The monoisotopic (exact) mass is 410 g/mol. The first-order valence-corrected chi connectivity index (χ1v) is 12.0. The molecule has 0 amide bonds. The van der Waals surface area contributed by atoms with Crippen LogP contribution in [0.5, 0.6) is 10.9 Å².